The Bertz CT molecular complexity index is 741. The maximum Gasteiger partial charge on any atom is 0.329 e. The number of halogens is 1. The van der Waals surface area contributed by atoms with Crippen molar-refractivity contribution in [3.63, 3.8) is 0 Å². The van der Waals surface area contributed by atoms with Crippen LogP contribution in [0.5, 0.6) is 0 Å². The summed E-state index contributed by atoms with van der Waals surface area (Å²) in [7, 11) is -1.08. The lowest BCUT2D eigenvalue weighted by Gasteiger charge is -2.43. The number of rotatable bonds is 2. The number of hydrogen-bond acceptors (Lipinski definition) is 4. The molecule has 0 radical (unpaired) electrons. The molecule has 132 valence electrons. The average molecular weight is 360 g/mol. The molecule has 4 nitrogen and oxygen atoms in total. The first-order chi connectivity index (χ1) is 11.9. The van der Waals surface area contributed by atoms with Crippen molar-refractivity contribution >= 4 is 13.6 Å². The molecule has 3 rings (SSSR count). The highest BCUT2D eigenvalue weighted by Crippen LogP contribution is 2.56. The van der Waals surface area contributed by atoms with E-state index in [1.807, 2.05) is 26.1 Å². The molecule has 0 spiro atoms. The third-order valence-electron chi connectivity index (χ3n) is 4.70. The van der Waals surface area contributed by atoms with Gasteiger partial charge in [0.15, 0.2) is 0 Å². The molecule has 3 unspecified atom stereocenters. The molecule has 0 bridgehead atoms. The molecule has 0 amide bonds. The lowest BCUT2D eigenvalue weighted by atomic mass is 10.0. The topological polar surface area (TPSA) is 62.1 Å². The van der Waals surface area contributed by atoms with E-state index in [4.69, 9.17) is 10.00 Å². The summed E-state index contributed by atoms with van der Waals surface area (Å²) in [5, 5.41) is 12.3. The predicted molar refractivity (Wildman–Crippen MR) is 96.0 cm³/mol. The van der Waals surface area contributed by atoms with Gasteiger partial charge in [-0.1, -0.05) is 12.1 Å². The molecule has 0 saturated carbocycles. The van der Waals surface area contributed by atoms with Crippen LogP contribution >= 0.6 is 7.92 Å². The van der Waals surface area contributed by atoms with Crippen molar-refractivity contribution in [3.8, 4) is 6.07 Å². The number of carbonyl (C=O) groups is 1. The molecule has 6 heteroatoms. The highest BCUT2D eigenvalue weighted by atomic mass is 31.1. The summed E-state index contributed by atoms with van der Waals surface area (Å²) in [5.74, 6) is -0.323. The number of nitrogens with zero attached hydrogens (tertiary/aromatic N) is 1. The molecule has 2 aliphatic rings. The first kappa shape index (κ1) is 17.9. The minimum Gasteiger partial charge on any atom is -0.456 e. The smallest absolute Gasteiger partial charge is 0.329 e. The second-order valence-corrected chi connectivity index (χ2v) is 9.71. The molecule has 1 fully saturated rings. The number of fused-ring (bicyclic) bond motifs is 1. The van der Waals surface area contributed by atoms with Gasteiger partial charge in [-0.2, -0.15) is 5.26 Å². The van der Waals surface area contributed by atoms with Gasteiger partial charge in [-0.25, -0.2) is 9.18 Å². The normalized spacial score (nSPS) is 27.9. The summed E-state index contributed by atoms with van der Waals surface area (Å²) in [6.45, 7) is 3.86. The molecular weight excluding hydrogens is 338 g/mol. The van der Waals surface area contributed by atoms with E-state index in [1.54, 1.807) is 12.1 Å². The third kappa shape index (κ3) is 4.02. The second-order valence-electron chi connectivity index (χ2n) is 7.18. The van der Waals surface area contributed by atoms with Gasteiger partial charge in [0.05, 0.1) is 17.4 Å². The molecule has 3 atom stereocenters. The van der Waals surface area contributed by atoms with Gasteiger partial charge in [-0.05, 0) is 62.7 Å². The van der Waals surface area contributed by atoms with Gasteiger partial charge < -0.3 is 10.1 Å². The number of nitrogens with one attached hydrogen (secondary N) is 1. The molecular formula is C19H22FN2O2P. The fourth-order valence-corrected chi connectivity index (χ4v) is 6.61. The van der Waals surface area contributed by atoms with Gasteiger partial charge in [0.25, 0.3) is 0 Å². The molecule has 1 aromatic rings. The van der Waals surface area contributed by atoms with Gasteiger partial charge in [0.1, 0.15) is 11.4 Å². The summed E-state index contributed by atoms with van der Waals surface area (Å²) in [5.41, 5.74) is 0.310. The zero-order valence-electron chi connectivity index (χ0n) is 14.5. The Morgan fingerprint density at radius 2 is 2.28 bits per heavy atom. The molecule has 2 aliphatic heterocycles. The number of cyclic esters (lactones) is 1. The van der Waals surface area contributed by atoms with Crippen LogP contribution in [0.4, 0.5) is 9.18 Å². The number of benzene rings is 1. The van der Waals surface area contributed by atoms with Crippen LogP contribution in [-0.4, -0.2) is 22.8 Å². The van der Waals surface area contributed by atoms with Crippen LogP contribution in [0.2, 0.25) is 0 Å². The van der Waals surface area contributed by atoms with Crippen LogP contribution in [-0.2, 0) is 11.2 Å². The van der Waals surface area contributed by atoms with Gasteiger partial charge in [0, 0.05) is 14.3 Å². The van der Waals surface area contributed by atoms with E-state index in [1.165, 1.54) is 6.07 Å². The Hall–Kier alpha value is -1.92. The zero-order valence-corrected chi connectivity index (χ0v) is 15.4. The van der Waals surface area contributed by atoms with Crippen LogP contribution < -0.4 is 5.32 Å². The Labute approximate surface area is 148 Å². The highest BCUT2D eigenvalue weighted by molar-refractivity contribution is 7.75. The van der Waals surface area contributed by atoms with Crippen molar-refractivity contribution in [2.45, 2.75) is 56.6 Å². The van der Waals surface area contributed by atoms with Crippen LogP contribution in [0.3, 0.4) is 0 Å². The summed E-state index contributed by atoms with van der Waals surface area (Å²) in [6, 6.07) is 6.51. The van der Waals surface area contributed by atoms with Crippen LogP contribution in [0.1, 0.15) is 44.2 Å². The predicted octanol–water partition coefficient (Wildman–Crippen LogP) is 4.63. The number of ether oxygens (including phenoxy) is 1. The van der Waals surface area contributed by atoms with Crippen molar-refractivity contribution in [1.82, 2.24) is 5.32 Å². The molecule has 0 aromatic heterocycles. The number of nitriles is 1. The van der Waals surface area contributed by atoms with E-state index in [9.17, 15) is 9.18 Å². The zero-order chi connectivity index (χ0) is 18.0. The van der Waals surface area contributed by atoms with Crippen LogP contribution in [0, 0.1) is 17.1 Å². The second kappa shape index (κ2) is 7.14. The first-order valence-electron chi connectivity index (χ1n) is 8.50. The van der Waals surface area contributed by atoms with E-state index in [2.05, 4.69) is 11.4 Å². The summed E-state index contributed by atoms with van der Waals surface area (Å²) in [6.07, 6.45) is 6.92. The molecule has 25 heavy (non-hydrogen) atoms. The summed E-state index contributed by atoms with van der Waals surface area (Å²) in [4.78, 5) is 12.7. The molecule has 0 aliphatic carbocycles. The van der Waals surface area contributed by atoms with Gasteiger partial charge >= 0.3 is 5.71 Å². The minimum atomic E-state index is -1.08. The van der Waals surface area contributed by atoms with Crippen LogP contribution in [0.25, 0.3) is 0 Å². The van der Waals surface area contributed by atoms with Gasteiger partial charge in [-0.15, -0.1) is 0 Å². The Morgan fingerprint density at radius 3 is 3.00 bits per heavy atom. The van der Waals surface area contributed by atoms with E-state index in [0.29, 0.717) is 17.5 Å². The number of hydrogen-bond donors (Lipinski definition) is 1. The lowest BCUT2D eigenvalue weighted by Crippen LogP contribution is -2.45. The standard InChI is InChI=1S/C19H22FN2O2P/c1-19(2)11-17-22-8-4-3-5-15(25(17)18(23)24-19)10-14-7-6-13(12-21)9-16(14)20/h4,6-9,15,17,22H,3,5,10-11H2,1-2H3. The first-order valence-corrected chi connectivity index (χ1v) is 9.98. The molecule has 1 N–H and O–H groups in total. The maximum absolute atomic E-state index is 14.3. The fourth-order valence-electron chi connectivity index (χ4n) is 3.49. The van der Waals surface area contributed by atoms with Crippen molar-refractivity contribution < 1.29 is 13.9 Å². The largest absolute Gasteiger partial charge is 0.456 e. The monoisotopic (exact) mass is 360 g/mol. The fraction of sp³-hybridized carbons (Fsp3) is 0.474. The Morgan fingerprint density at radius 1 is 1.48 bits per heavy atom. The molecule has 1 aromatic carbocycles. The van der Waals surface area contributed by atoms with E-state index in [-0.39, 0.29) is 23.0 Å². The number of allylic oxidation sites excluding steroid dienone is 1. The van der Waals surface area contributed by atoms with E-state index >= 15 is 0 Å². The highest BCUT2D eigenvalue weighted by Gasteiger charge is 2.45. The van der Waals surface area contributed by atoms with Gasteiger partial charge in [0.2, 0.25) is 0 Å². The summed E-state index contributed by atoms with van der Waals surface area (Å²) >= 11 is 0. The Balaban J connectivity index is 1.87. The van der Waals surface area contributed by atoms with Crippen molar-refractivity contribution in [2.75, 3.05) is 0 Å². The summed E-state index contributed by atoms with van der Waals surface area (Å²) < 4.78 is 20.0. The average Bonchev–Trinajstić information content (AvgIpc) is 2.52. The lowest BCUT2D eigenvalue weighted by molar-refractivity contribution is 0.0410. The van der Waals surface area contributed by atoms with E-state index in [0.717, 1.165) is 19.3 Å². The van der Waals surface area contributed by atoms with E-state index < -0.39 is 13.5 Å². The quantitative estimate of drug-likeness (QED) is 0.781. The third-order valence-corrected chi connectivity index (χ3v) is 7.44. The van der Waals surface area contributed by atoms with Gasteiger partial charge in [-0.3, -0.25) is 0 Å². The maximum atomic E-state index is 14.3. The SMILES string of the molecule is CC1(C)CC2NC=CCCC(Cc3ccc(C#N)cc3F)P2C(=O)O1. The van der Waals surface area contributed by atoms with Crippen LogP contribution in [0.15, 0.2) is 30.5 Å². The molecule has 1 saturated heterocycles. The van der Waals surface area contributed by atoms with Crippen molar-refractivity contribution in [3.05, 3.63) is 47.4 Å². The van der Waals surface area contributed by atoms with Crippen molar-refractivity contribution in [2.24, 2.45) is 0 Å². The van der Waals surface area contributed by atoms with Crippen molar-refractivity contribution in [1.29, 1.82) is 5.26 Å². The Kier molecular flexibility index (Phi) is 5.11. The number of carbonyl (C=O) groups excluding carboxylic acids is 1. The minimum absolute atomic E-state index is 0.0502. The molecule has 2 heterocycles.